The monoisotopic (exact) mass is 154 g/mol. The van der Waals surface area contributed by atoms with Gasteiger partial charge in [0.15, 0.2) is 0 Å². The molecule has 64 valence electrons. The second-order valence-corrected chi connectivity index (χ2v) is 4.22. The Hall–Kier alpha value is -0.0800. The van der Waals surface area contributed by atoms with Crippen LogP contribution in [0.4, 0.5) is 0 Å². The summed E-state index contributed by atoms with van der Waals surface area (Å²) in [4.78, 5) is 0. The van der Waals surface area contributed by atoms with Crippen molar-refractivity contribution in [2.75, 3.05) is 13.1 Å². The minimum atomic E-state index is 0.836. The summed E-state index contributed by atoms with van der Waals surface area (Å²) < 4.78 is 0. The van der Waals surface area contributed by atoms with Crippen molar-refractivity contribution in [1.29, 1.82) is 0 Å². The van der Waals surface area contributed by atoms with Gasteiger partial charge in [-0.1, -0.05) is 0 Å². The molecular formula is C9H18N2. The fraction of sp³-hybridized carbons (Fsp3) is 1.00. The van der Waals surface area contributed by atoms with Crippen LogP contribution in [0.3, 0.4) is 0 Å². The van der Waals surface area contributed by atoms with Crippen molar-refractivity contribution in [1.82, 2.24) is 0 Å². The van der Waals surface area contributed by atoms with Gasteiger partial charge in [0.05, 0.1) is 0 Å². The number of hydrogen-bond acceptors (Lipinski definition) is 2. The highest BCUT2D eigenvalue weighted by Gasteiger charge is 2.44. The Balaban J connectivity index is 1.97. The van der Waals surface area contributed by atoms with Crippen molar-refractivity contribution < 1.29 is 0 Å². The Bertz CT molecular complexity index is 130. The topological polar surface area (TPSA) is 52.0 Å². The fourth-order valence-electron chi connectivity index (χ4n) is 3.09. The zero-order valence-electron chi connectivity index (χ0n) is 7.00. The third-order valence-electron chi connectivity index (χ3n) is 3.76. The summed E-state index contributed by atoms with van der Waals surface area (Å²) >= 11 is 0. The second-order valence-electron chi connectivity index (χ2n) is 4.22. The molecule has 0 spiro atoms. The van der Waals surface area contributed by atoms with E-state index in [0.29, 0.717) is 0 Å². The van der Waals surface area contributed by atoms with Gasteiger partial charge >= 0.3 is 0 Å². The van der Waals surface area contributed by atoms with Gasteiger partial charge in [-0.05, 0) is 56.0 Å². The molecule has 0 aromatic rings. The molecule has 0 heterocycles. The summed E-state index contributed by atoms with van der Waals surface area (Å²) in [6.45, 7) is 1.80. The molecule has 2 aliphatic carbocycles. The highest BCUT2D eigenvalue weighted by molar-refractivity contribution is 4.95. The van der Waals surface area contributed by atoms with Crippen LogP contribution in [0, 0.1) is 23.7 Å². The van der Waals surface area contributed by atoms with E-state index in [9.17, 15) is 0 Å². The van der Waals surface area contributed by atoms with Gasteiger partial charge in [0.2, 0.25) is 0 Å². The Morgan fingerprint density at radius 2 is 1.27 bits per heavy atom. The van der Waals surface area contributed by atoms with E-state index in [1.165, 1.54) is 19.3 Å². The number of fused-ring (bicyclic) bond motifs is 2. The maximum atomic E-state index is 5.68. The average molecular weight is 154 g/mol. The Labute approximate surface area is 68.3 Å². The molecule has 0 aromatic heterocycles. The van der Waals surface area contributed by atoms with Crippen molar-refractivity contribution in [3.63, 3.8) is 0 Å². The van der Waals surface area contributed by atoms with Gasteiger partial charge in [0.25, 0.3) is 0 Å². The lowest BCUT2D eigenvalue weighted by Crippen LogP contribution is -2.27. The molecular weight excluding hydrogens is 136 g/mol. The van der Waals surface area contributed by atoms with Gasteiger partial charge < -0.3 is 11.5 Å². The number of rotatable bonds is 2. The highest BCUT2D eigenvalue weighted by atomic mass is 14.6. The third kappa shape index (κ3) is 1.09. The van der Waals surface area contributed by atoms with Gasteiger partial charge in [-0.15, -0.1) is 0 Å². The van der Waals surface area contributed by atoms with Gasteiger partial charge in [-0.3, -0.25) is 0 Å². The largest absolute Gasteiger partial charge is 0.330 e. The molecule has 2 rings (SSSR count). The lowest BCUT2D eigenvalue weighted by Gasteiger charge is -2.25. The normalized spacial score (nSPS) is 48.5. The molecule has 4 N–H and O–H groups in total. The first kappa shape index (κ1) is 7.56. The van der Waals surface area contributed by atoms with E-state index >= 15 is 0 Å². The van der Waals surface area contributed by atoms with Crippen LogP contribution in [0.2, 0.25) is 0 Å². The maximum Gasteiger partial charge on any atom is -0.00461 e. The van der Waals surface area contributed by atoms with Crippen LogP contribution in [0.5, 0.6) is 0 Å². The van der Waals surface area contributed by atoms with Crippen LogP contribution in [0.15, 0.2) is 0 Å². The first-order chi connectivity index (χ1) is 5.35. The molecule has 0 aromatic carbocycles. The summed E-state index contributed by atoms with van der Waals surface area (Å²) in [6, 6.07) is 0. The molecule has 0 amide bonds. The maximum absolute atomic E-state index is 5.68. The zero-order valence-corrected chi connectivity index (χ0v) is 7.00. The number of nitrogens with two attached hydrogens (primary N) is 2. The molecule has 4 atom stereocenters. The van der Waals surface area contributed by atoms with E-state index in [0.717, 1.165) is 36.8 Å². The van der Waals surface area contributed by atoms with E-state index < -0.39 is 0 Å². The Kier molecular flexibility index (Phi) is 1.90. The van der Waals surface area contributed by atoms with Gasteiger partial charge in [0.1, 0.15) is 0 Å². The Morgan fingerprint density at radius 3 is 1.55 bits per heavy atom. The zero-order chi connectivity index (χ0) is 7.84. The van der Waals surface area contributed by atoms with Crippen molar-refractivity contribution in [3.05, 3.63) is 0 Å². The second kappa shape index (κ2) is 2.76. The molecule has 2 unspecified atom stereocenters. The van der Waals surface area contributed by atoms with Crippen molar-refractivity contribution in [2.24, 2.45) is 35.1 Å². The lowest BCUT2D eigenvalue weighted by molar-refractivity contribution is 0.267. The van der Waals surface area contributed by atoms with Crippen LogP contribution in [0.25, 0.3) is 0 Å². The van der Waals surface area contributed by atoms with Gasteiger partial charge in [-0.2, -0.15) is 0 Å². The first-order valence-corrected chi connectivity index (χ1v) is 4.75. The van der Waals surface area contributed by atoms with Crippen molar-refractivity contribution in [3.8, 4) is 0 Å². The molecule has 2 saturated carbocycles. The molecule has 2 fully saturated rings. The summed E-state index contributed by atoms with van der Waals surface area (Å²) in [5.74, 6) is 3.53. The quantitative estimate of drug-likeness (QED) is 0.611. The predicted molar refractivity (Wildman–Crippen MR) is 45.9 cm³/mol. The minimum absolute atomic E-state index is 0.836. The van der Waals surface area contributed by atoms with Crippen LogP contribution < -0.4 is 11.5 Å². The van der Waals surface area contributed by atoms with Gasteiger partial charge in [0, 0.05) is 0 Å². The molecule has 0 aliphatic heterocycles. The SMILES string of the molecule is NCC1C[C@H]2C[C@@H]1CC2CN. The Morgan fingerprint density at radius 1 is 0.818 bits per heavy atom. The predicted octanol–water partition coefficient (Wildman–Crippen LogP) is 0.566. The van der Waals surface area contributed by atoms with E-state index in [-0.39, 0.29) is 0 Å². The summed E-state index contributed by atoms with van der Waals surface area (Å²) in [6.07, 6.45) is 4.15. The van der Waals surface area contributed by atoms with Crippen molar-refractivity contribution >= 4 is 0 Å². The molecule has 2 bridgehead atoms. The lowest BCUT2D eigenvalue weighted by atomic mass is 9.82. The van der Waals surface area contributed by atoms with Gasteiger partial charge in [-0.25, -0.2) is 0 Å². The third-order valence-corrected chi connectivity index (χ3v) is 3.76. The highest BCUT2D eigenvalue weighted by Crippen LogP contribution is 2.50. The minimum Gasteiger partial charge on any atom is -0.330 e. The first-order valence-electron chi connectivity index (χ1n) is 4.75. The average Bonchev–Trinajstić information content (AvgIpc) is 2.60. The van der Waals surface area contributed by atoms with Crippen LogP contribution in [0.1, 0.15) is 19.3 Å². The van der Waals surface area contributed by atoms with Crippen LogP contribution in [-0.4, -0.2) is 13.1 Å². The molecule has 2 aliphatic rings. The summed E-state index contributed by atoms with van der Waals surface area (Å²) in [7, 11) is 0. The smallest absolute Gasteiger partial charge is 0.00461 e. The fourth-order valence-corrected chi connectivity index (χ4v) is 3.09. The summed E-state index contributed by atoms with van der Waals surface area (Å²) in [5.41, 5.74) is 11.4. The molecule has 2 nitrogen and oxygen atoms in total. The standard InChI is InChI=1S/C9H18N2/c10-4-8-2-6-1-7(8)3-9(6)5-11/h6-9H,1-5,10-11H2/t6-,7-,8?,9?/m1/s1. The molecule has 11 heavy (non-hydrogen) atoms. The van der Waals surface area contributed by atoms with E-state index in [1.54, 1.807) is 0 Å². The number of hydrogen-bond donors (Lipinski definition) is 2. The van der Waals surface area contributed by atoms with Crippen LogP contribution in [-0.2, 0) is 0 Å². The van der Waals surface area contributed by atoms with E-state index in [2.05, 4.69) is 0 Å². The van der Waals surface area contributed by atoms with E-state index in [4.69, 9.17) is 11.5 Å². The summed E-state index contributed by atoms with van der Waals surface area (Å²) in [5, 5.41) is 0. The van der Waals surface area contributed by atoms with Crippen molar-refractivity contribution in [2.45, 2.75) is 19.3 Å². The van der Waals surface area contributed by atoms with E-state index in [1.807, 2.05) is 0 Å². The molecule has 0 saturated heterocycles. The molecule has 0 radical (unpaired) electrons. The molecule has 2 heteroatoms. The van der Waals surface area contributed by atoms with Crippen LogP contribution >= 0.6 is 0 Å².